The lowest BCUT2D eigenvalue weighted by atomic mass is 9.85. The summed E-state index contributed by atoms with van der Waals surface area (Å²) >= 11 is 0. The predicted molar refractivity (Wildman–Crippen MR) is 60.6 cm³/mol. The van der Waals surface area contributed by atoms with E-state index in [2.05, 4.69) is 4.72 Å². The first kappa shape index (κ1) is 13.4. The molecule has 0 spiro atoms. The van der Waals surface area contributed by atoms with Crippen LogP contribution in [-0.4, -0.2) is 31.3 Å². The van der Waals surface area contributed by atoms with Gasteiger partial charge in [0.1, 0.15) is 0 Å². The summed E-state index contributed by atoms with van der Waals surface area (Å²) in [7, 11) is -3.68. The molecule has 0 bridgehead atoms. The van der Waals surface area contributed by atoms with Crippen molar-refractivity contribution in [3.63, 3.8) is 0 Å². The van der Waals surface area contributed by atoms with E-state index in [0.29, 0.717) is 5.92 Å². The van der Waals surface area contributed by atoms with Crippen LogP contribution in [0.1, 0.15) is 39.0 Å². The Morgan fingerprint density at radius 1 is 1.38 bits per heavy atom. The molecule has 1 aliphatic rings. The minimum Gasteiger partial charge on any atom is -0.480 e. The highest BCUT2D eigenvalue weighted by atomic mass is 32.2. The van der Waals surface area contributed by atoms with E-state index in [-0.39, 0.29) is 6.04 Å². The number of hydrogen-bond donors (Lipinski definition) is 2. The highest BCUT2D eigenvalue weighted by molar-refractivity contribution is 7.90. The summed E-state index contributed by atoms with van der Waals surface area (Å²) in [5, 5.41) is 8.45. The summed E-state index contributed by atoms with van der Waals surface area (Å²) in [4.78, 5) is 10.4. The molecular weight excluding hydrogens is 230 g/mol. The van der Waals surface area contributed by atoms with Crippen LogP contribution < -0.4 is 4.72 Å². The molecule has 1 atom stereocenters. The SMILES string of the molecule is CC(NS(=O)(=O)CC(=O)O)C1CCCCC1. The monoisotopic (exact) mass is 249 g/mol. The molecule has 0 amide bonds. The van der Waals surface area contributed by atoms with E-state index in [9.17, 15) is 13.2 Å². The molecule has 1 aliphatic carbocycles. The molecule has 1 saturated carbocycles. The molecular formula is C10H19NO4S. The maximum Gasteiger partial charge on any atom is 0.320 e. The molecule has 1 fully saturated rings. The molecule has 0 saturated heterocycles. The Labute approximate surface area is 96.3 Å². The van der Waals surface area contributed by atoms with Gasteiger partial charge in [-0.1, -0.05) is 19.3 Å². The van der Waals surface area contributed by atoms with Crippen LogP contribution in [0, 0.1) is 5.92 Å². The molecule has 94 valence electrons. The van der Waals surface area contributed by atoms with Gasteiger partial charge in [-0.2, -0.15) is 0 Å². The van der Waals surface area contributed by atoms with Crippen molar-refractivity contribution in [1.29, 1.82) is 0 Å². The Morgan fingerprint density at radius 3 is 2.44 bits per heavy atom. The van der Waals surface area contributed by atoms with Crippen molar-refractivity contribution in [1.82, 2.24) is 4.72 Å². The van der Waals surface area contributed by atoms with Gasteiger partial charge in [0.2, 0.25) is 10.0 Å². The molecule has 1 rings (SSSR count). The number of nitrogens with one attached hydrogen (secondary N) is 1. The number of rotatable bonds is 5. The smallest absolute Gasteiger partial charge is 0.320 e. The van der Waals surface area contributed by atoms with Crippen LogP contribution in [0.5, 0.6) is 0 Å². The normalized spacial score (nSPS) is 20.6. The van der Waals surface area contributed by atoms with Gasteiger partial charge >= 0.3 is 5.97 Å². The summed E-state index contributed by atoms with van der Waals surface area (Å²) < 4.78 is 25.3. The number of carboxylic acid groups (broad SMARTS) is 1. The fourth-order valence-corrected chi connectivity index (χ4v) is 3.39. The van der Waals surface area contributed by atoms with Gasteiger partial charge in [-0.05, 0) is 25.7 Å². The van der Waals surface area contributed by atoms with Gasteiger partial charge in [-0.25, -0.2) is 13.1 Å². The van der Waals surface area contributed by atoms with Crippen molar-refractivity contribution in [2.75, 3.05) is 5.75 Å². The molecule has 2 N–H and O–H groups in total. The first-order valence-electron chi connectivity index (χ1n) is 5.62. The molecule has 0 aliphatic heterocycles. The summed E-state index contributed by atoms with van der Waals surface area (Å²) in [5.41, 5.74) is 0. The van der Waals surface area contributed by atoms with E-state index < -0.39 is 21.7 Å². The van der Waals surface area contributed by atoms with Crippen molar-refractivity contribution in [2.24, 2.45) is 5.92 Å². The highest BCUT2D eigenvalue weighted by Gasteiger charge is 2.25. The lowest BCUT2D eigenvalue weighted by Gasteiger charge is -2.27. The lowest BCUT2D eigenvalue weighted by molar-refractivity contribution is -0.134. The third-order valence-electron chi connectivity index (χ3n) is 3.04. The lowest BCUT2D eigenvalue weighted by Crippen LogP contribution is -2.41. The van der Waals surface area contributed by atoms with Crippen LogP contribution >= 0.6 is 0 Å². The van der Waals surface area contributed by atoms with Gasteiger partial charge in [0.25, 0.3) is 0 Å². The van der Waals surface area contributed by atoms with Crippen molar-refractivity contribution >= 4 is 16.0 Å². The molecule has 1 unspecified atom stereocenters. The van der Waals surface area contributed by atoms with Gasteiger partial charge in [-0.15, -0.1) is 0 Å². The van der Waals surface area contributed by atoms with Gasteiger partial charge < -0.3 is 5.11 Å². The number of hydrogen-bond acceptors (Lipinski definition) is 3. The van der Waals surface area contributed by atoms with E-state index in [0.717, 1.165) is 25.7 Å². The molecule has 0 aromatic carbocycles. The zero-order valence-electron chi connectivity index (χ0n) is 9.48. The Hall–Kier alpha value is -0.620. The largest absolute Gasteiger partial charge is 0.480 e. The molecule has 5 nitrogen and oxygen atoms in total. The highest BCUT2D eigenvalue weighted by Crippen LogP contribution is 2.26. The zero-order valence-corrected chi connectivity index (χ0v) is 10.3. The maximum atomic E-state index is 11.4. The minimum atomic E-state index is -3.68. The van der Waals surface area contributed by atoms with Gasteiger partial charge in [0.05, 0.1) is 0 Å². The first-order valence-corrected chi connectivity index (χ1v) is 7.28. The number of sulfonamides is 1. The third kappa shape index (κ3) is 4.49. The van der Waals surface area contributed by atoms with E-state index in [1.54, 1.807) is 0 Å². The summed E-state index contributed by atoms with van der Waals surface area (Å²) in [6, 6.07) is -0.162. The van der Waals surface area contributed by atoms with Crippen molar-refractivity contribution in [2.45, 2.75) is 45.1 Å². The van der Waals surface area contributed by atoms with Crippen molar-refractivity contribution in [3.05, 3.63) is 0 Å². The van der Waals surface area contributed by atoms with Crippen LogP contribution in [0.4, 0.5) is 0 Å². The maximum absolute atomic E-state index is 11.4. The minimum absolute atomic E-state index is 0.162. The molecule has 0 heterocycles. The second-order valence-electron chi connectivity index (χ2n) is 4.46. The number of carboxylic acids is 1. The molecule has 0 aromatic rings. The fraction of sp³-hybridized carbons (Fsp3) is 0.900. The first-order chi connectivity index (χ1) is 7.41. The van der Waals surface area contributed by atoms with Crippen LogP contribution in [0.15, 0.2) is 0 Å². The van der Waals surface area contributed by atoms with Crippen LogP contribution in [-0.2, 0) is 14.8 Å². The summed E-state index contributed by atoms with van der Waals surface area (Å²) in [6.45, 7) is 1.81. The van der Waals surface area contributed by atoms with Crippen LogP contribution in [0.3, 0.4) is 0 Å². The van der Waals surface area contributed by atoms with Gasteiger partial charge in [0, 0.05) is 6.04 Å². The summed E-state index contributed by atoms with van der Waals surface area (Å²) in [6.07, 6.45) is 5.53. The Bertz CT molecular complexity index is 333. The predicted octanol–water partition coefficient (Wildman–Crippen LogP) is 0.959. The van der Waals surface area contributed by atoms with Crippen molar-refractivity contribution < 1.29 is 18.3 Å². The average Bonchev–Trinajstić information content (AvgIpc) is 2.16. The second kappa shape index (κ2) is 5.63. The average molecular weight is 249 g/mol. The fourth-order valence-electron chi connectivity index (χ4n) is 2.22. The third-order valence-corrected chi connectivity index (χ3v) is 4.39. The second-order valence-corrected chi connectivity index (χ2v) is 6.21. The zero-order chi connectivity index (χ0) is 12.2. The van der Waals surface area contributed by atoms with Crippen LogP contribution in [0.25, 0.3) is 0 Å². The summed E-state index contributed by atoms with van der Waals surface area (Å²) in [5.74, 6) is -1.81. The van der Waals surface area contributed by atoms with Crippen molar-refractivity contribution in [3.8, 4) is 0 Å². The van der Waals surface area contributed by atoms with Gasteiger partial charge in [0.15, 0.2) is 5.75 Å². The van der Waals surface area contributed by atoms with Crippen LogP contribution in [0.2, 0.25) is 0 Å². The standard InChI is InChI=1S/C10H19NO4S/c1-8(9-5-3-2-4-6-9)11-16(14,15)7-10(12)13/h8-9,11H,2-7H2,1H3,(H,12,13). The number of aliphatic carboxylic acids is 1. The van der Waals surface area contributed by atoms with E-state index in [1.165, 1.54) is 6.42 Å². The molecule has 6 heteroatoms. The van der Waals surface area contributed by atoms with E-state index >= 15 is 0 Å². The van der Waals surface area contributed by atoms with E-state index in [1.807, 2.05) is 6.92 Å². The molecule has 0 aromatic heterocycles. The van der Waals surface area contributed by atoms with E-state index in [4.69, 9.17) is 5.11 Å². The Balaban J connectivity index is 2.49. The number of carbonyl (C=O) groups is 1. The Kier molecular flexibility index (Phi) is 4.73. The molecule has 16 heavy (non-hydrogen) atoms. The van der Waals surface area contributed by atoms with Gasteiger partial charge in [-0.3, -0.25) is 4.79 Å². The molecule has 0 radical (unpaired) electrons. The Morgan fingerprint density at radius 2 is 1.94 bits per heavy atom. The quantitative estimate of drug-likeness (QED) is 0.760. The topological polar surface area (TPSA) is 83.5 Å².